The minimum atomic E-state index is -0.351. The Morgan fingerprint density at radius 2 is 1.97 bits per heavy atom. The van der Waals surface area contributed by atoms with Crippen LogP contribution in [-0.2, 0) is 6.42 Å². The lowest BCUT2D eigenvalue weighted by Crippen LogP contribution is -2.28. The smallest absolute Gasteiger partial charge is 0.193 e. The largest absolute Gasteiger partial charge is 0.507 e. The summed E-state index contributed by atoms with van der Waals surface area (Å²) in [6, 6.07) is 5.34. The molecule has 2 rings (SSSR count). The van der Waals surface area contributed by atoms with Crippen molar-refractivity contribution in [3.63, 3.8) is 0 Å². The number of allylic oxidation sites excluding steroid dienone is 3. The van der Waals surface area contributed by atoms with Gasteiger partial charge < -0.3 is 19.5 Å². The summed E-state index contributed by atoms with van der Waals surface area (Å²) in [7, 11) is 1.48. The number of nitrogens with zero attached hydrogens (tertiary/aromatic N) is 2. The van der Waals surface area contributed by atoms with E-state index in [0.29, 0.717) is 24.3 Å². The van der Waals surface area contributed by atoms with Crippen molar-refractivity contribution in [3.05, 3.63) is 65.0 Å². The lowest BCUT2D eigenvalue weighted by molar-refractivity contribution is 0.104. The van der Waals surface area contributed by atoms with Crippen molar-refractivity contribution >= 4 is 11.9 Å². The lowest BCUT2D eigenvalue weighted by atomic mass is 9.99. The van der Waals surface area contributed by atoms with E-state index in [2.05, 4.69) is 23.7 Å². The molecule has 1 heterocycles. The third kappa shape index (κ3) is 6.95. The Morgan fingerprint density at radius 1 is 1.22 bits per heavy atom. The van der Waals surface area contributed by atoms with Crippen molar-refractivity contribution in [1.82, 2.24) is 9.88 Å². The Kier molecular flexibility index (Phi) is 9.95. The molecule has 0 saturated carbocycles. The van der Waals surface area contributed by atoms with E-state index in [1.807, 2.05) is 26.0 Å². The minimum Gasteiger partial charge on any atom is -0.507 e. The molecule has 0 radical (unpaired) electrons. The predicted octanol–water partition coefficient (Wildman–Crippen LogP) is 4.92. The molecule has 0 unspecified atom stereocenters. The van der Waals surface area contributed by atoms with Crippen LogP contribution in [0.1, 0.15) is 49.2 Å². The minimum absolute atomic E-state index is 0.111. The fourth-order valence-electron chi connectivity index (χ4n) is 3.25. The number of benzene rings is 1. The van der Waals surface area contributed by atoms with Gasteiger partial charge in [-0.25, -0.2) is 0 Å². The number of methoxy groups -OCH3 is 1. The van der Waals surface area contributed by atoms with E-state index < -0.39 is 0 Å². The number of ether oxygens (including phenoxy) is 2. The number of phenols is 1. The van der Waals surface area contributed by atoms with Crippen molar-refractivity contribution in [2.75, 3.05) is 33.4 Å². The summed E-state index contributed by atoms with van der Waals surface area (Å²) in [5, 5.41) is 11.1. The summed E-state index contributed by atoms with van der Waals surface area (Å²) < 4.78 is 11.5. The van der Waals surface area contributed by atoms with Crippen LogP contribution in [0.3, 0.4) is 0 Å². The number of ketones is 1. The Bertz CT molecular complexity index is 944. The van der Waals surface area contributed by atoms with Crippen LogP contribution in [0.5, 0.6) is 17.2 Å². The average Bonchev–Trinajstić information content (AvgIpc) is 2.80. The first-order valence-corrected chi connectivity index (χ1v) is 10.9. The van der Waals surface area contributed by atoms with Gasteiger partial charge in [0.15, 0.2) is 5.78 Å². The molecule has 32 heavy (non-hydrogen) atoms. The molecule has 0 bridgehead atoms. The number of aromatic nitrogens is 1. The van der Waals surface area contributed by atoms with E-state index in [1.165, 1.54) is 13.2 Å². The van der Waals surface area contributed by atoms with Gasteiger partial charge in [0.2, 0.25) is 0 Å². The molecule has 0 saturated heterocycles. The molecular weight excluding hydrogens is 404 g/mol. The molecule has 6 heteroatoms. The monoisotopic (exact) mass is 438 g/mol. The fraction of sp³-hybridized carbons (Fsp3) is 0.385. The third-order valence-corrected chi connectivity index (χ3v) is 5.18. The molecule has 0 aliphatic rings. The number of rotatable bonds is 12. The van der Waals surface area contributed by atoms with Gasteiger partial charge in [0, 0.05) is 30.6 Å². The Hall–Kier alpha value is -3.12. The van der Waals surface area contributed by atoms with Crippen LogP contribution < -0.4 is 9.47 Å². The summed E-state index contributed by atoms with van der Waals surface area (Å²) in [4.78, 5) is 19.3. The first kappa shape index (κ1) is 25.1. The highest BCUT2D eigenvalue weighted by Gasteiger charge is 2.23. The van der Waals surface area contributed by atoms with Gasteiger partial charge in [-0.3, -0.25) is 9.78 Å². The van der Waals surface area contributed by atoms with Crippen LogP contribution in [0.2, 0.25) is 0 Å². The number of phenolic OH excluding ortho intramolecular Hbond substituents is 1. The number of carbonyl (C=O) groups is 1. The second kappa shape index (κ2) is 12.7. The number of hydrogen-bond acceptors (Lipinski definition) is 6. The number of pyridine rings is 1. The topological polar surface area (TPSA) is 71.9 Å². The highest BCUT2D eigenvalue weighted by Crippen LogP contribution is 2.40. The van der Waals surface area contributed by atoms with E-state index >= 15 is 0 Å². The van der Waals surface area contributed by atoms with Gasteiger partial charge in [-0.1, -0.05) is 31.6 Å². The third-order valence-electron chi connectivity index (χ3n) is 5.18. The standard InChI is InChI=1S/C26H34N2O4/c1-6-28(7-2)15-16-32-23-17-24(31-5)25(26(30)21(23)12-10-19(3)4)22(29)13-11-20-9-8-14-27-18-20/h8-11,13-14,17-18,30H,6-7,12,15-16H2,1-5H3/b13-11+. The zero-order valence-electron chi connectivity index (χ0n) is 19.7. The fourth-order valence-corrected chi connectivity index (χ4v) is 3.25. The molecule has 2 aromatic rings. The van der Waals surface area contributed by atoms with Gasteiger partial charge in [-0.05, 0) is 57.1 Å². The molecule has 0 aliphatic carbocycles. The van der Waals surface area contributed by atoms with E-state index in [0.717, 1.165) is 30.8 Å². The van der Waals surface area contributed by atoms with Crippen LogP contribution in [0.4, 0.5) is 0 Å². The number of hydrogen-bond donors (Lipinski definition) is 1. The Morgan fingerprint density at radius 3 is 2.56 bits per heavy atom. The van der Waals surface area contributed by atoms with Gasteiger partial charge in [-0.15, -0.1) is 0 Å². The Labute approximate surface area is 191 Å². The summed E-state index contributed by atoms with van der Waals surface area (Å²) in [5.41, 5.74) is 2.60. The molecule has 0 amide bonds. The summed E-state index contributed by atoms with van der Waals surface area (Å²) >= 11 is 0. The van der Waals surface area contributed by atoms with Gasteiger partial charge in [-0.2, -0.15) is 0 Å². The zero-order chi connectivity index (χ0) is 23.5. The molecule has 6 nitrogen and oxygen atoms in total. The molecule has 1 N–H and O–H groups in total. The predicted molar refractivity (Wildman–Crippen MR) is 129 cm³/mol. The van der Waals surface area contributed by atoms with E-state index in [-0.39, 0.29) is 22.8 Å². The van der Waals surface area contributed by atoms with Crippen molar-refractivity contribution < 1.29 is 19.4 Å². The van der Waals surface area contributed by atoms with Crippen LogP contribution in [-0.4, -0.2) is 54.1 Å². The van der Waals surface area contributed by atoms with E-state index in [1.54, 1.807) is 30.6 Å². The normalized spacial score (nSPS) is 11.1. The summed E-state index contributed by atoms with van der Waals surface area (Å²) in [6.07, 6.45) is 8.86. The Balaban J connectivity index is 2.41. The molecule has 0 aliphatic heterocycles. The molecule has 1 aromatic heterocycles. The second-order valence-corrected chi connectivity index (χ2v) is 7.62. The van der Waals surface area contributed by atoms with Crippen LogP contribution in [0.25, 0.3) is 6.08 Å². The van der Waals surface area contributed by atoms with Crippen molar-refractivity contribution in [2.45, 2.75) is 34.1 Å². The number of aromatic hydroxyl groups is 1. The molecule has 0 fully saturated rings. The maximum atomic E-state index is 13.0. The van der Waals surface area contributed by atoms with Gasteiger partial charge >= 0.3 is 0 Å². The average molecular weight is 439 g/mol. The van der Waals surface area contributed by atoms with Gasteiger partial charge in [0.1, 0.15) is 29.4 Å². The van der Waals surface area contributed by atoms with E-state index in [4.69, 9.17) is 9.47 Å². The summed E-state index contributed by atoms with van der Waals surface area (Å²) in [6.45, 7) is 11.3. The SMILES string of the molecule is CCN(CC)CCOc1cc(OC)c(C(=O)/C=C/c2cccnc2)c(O)c1CC=C(C)C. The van der Waals surface area contributed by atoms with Crippen LogP contribution >= 0.6 is 0 Å². The molecule has 0 spiro atoms. The van der Waals surface area contributed by atoms with Crippen molar-refractivity contribution in [1.29, 1.82) is 0 Å². The molecule has 1 aromatic carbocycles. The zero-order valence-corrected chi connectivity index (χ0v) is 19.7. The highest BCUT2D eigenvalue weighted by atomic mass is 16.5. The maximum absolute atomic E-state index is 13.0. The van der Waals surface area contributed by atoms with Crippen molar-refractivity contribution in [2.24, 2.45) is 0 Å². The van der Waals surface area contributed by atoms with E-state index in [9.17, 15) is 9.90 Å². The number of carbonyl (C=O) groups excluding carboxylic acids is 1. The summed E-state index contributed by atoms with van der Waals surface area (Å²) in [5.74, 6) is 0.343. The first-order chi connectivity index (χ1) is 15.4. The lowest BCUT2D eigenvalue weighted by Gasteiger charge is -2.20. The van der Waals surface area contributed by atoms with Crippen molar-refractivity contribution in [3.8, 4) is 17.2 Å². The molecule has 172 valence electrons. The van der Waals surface area contributed by atoms with Crippen LogP contribution in [0.15, 0.2) is 48.3 Å². The molecule has 0 atom stereocenters. The van der Waals surface area contributed by atoms with Gasteiger partial charge in [0.05, 0.1) is 7.11 Å². The quantitative estimate of drug-likeness (QED) is 0.288. The second-order valence-electron chi connectivity index (χ2n) is 7.62. The maximum Gasteiger partial charge on any atom is 0.193 e. The highest BCUT2D eigenvalue weighted by molar-refractivity contribution is 6.11. The first-order valence-electron chi connectivity index (χ1n) is 10.9. The van der Waals surface area contributed by atoms with Gasteiger partial charge in [0.25, 0.3) is 0 Å². The van der Waals surface area contributed by atoms with Crippen LogP contribution in [0, 0.1) is 0 Å². The molecular formula is C26H34N2O4. The number of likely N-dealkylation sites (N-methyl/N-ethyl adjacent to an activating group) is 1.